The maximum absolute atomic E-state index is 8.64. The predicted molar refractivity (Wildman–Crippen MR) is 47.7 cm³/mol. The summed E-state index contributed by atoms with van der Waals surface area (Å²) in [7, 11) is 2.04. The van der Waals surface area contributed by atoms with Gasteiger partial charge >= 0.3 is 0 Å². The van der Waals surface area contributed by atoms with E-state index in [1.807, 2.05) is 7.05 Å². The van der Waals surface area contributed by atoms with Gasteiger partial charge in [0, 0.05) is 0 Å². The Kier molecular flexibility index (Phi) is 7.45. The first-order chi connectivity index (χ1) is 6.74. The number of unbranched alkanes of at least 4 members (excludes halogenated alkanes) is 1. The molecule has 1 rings (SSSR count). The largest absolute Gasteiger partial charge is 0.662 e. The SMILES string of the molecule is CCCCn1cc[n+](C)c1.O=CO[O-]. The Bertz CT molecular complexity index is 248. The van der Waals surface area contributed by atoms with Gasteiger partial charge in [0.15, 0.2) is 0 Å². The highest BCUT2D eigenvalue weighted by atomic mass is 17.1. The van der Waals surface area contributed by atoms with Crippen LogP contribution in [0, 0.1) is 0 Å². The van der Waals surface area contributed by atoms with Crippen LogP contribution in [0.15, 0.2) is 18.7 Å². The minimum atomic E-state index is -0.181. The van der Waals surface area contributed by atoms with Crippen molar-refractivity contribution in [2.45, 2.75) is 26.3 Å². The summed E-state index contributed by atoms with van der Waals surface area (Å²) in [4.78, 5) is 11.2. The van der Waals surface area contributed by atoms with Crippen molar-refractivity contribution in [3.8, 4) is 0 Å². The number of hydrogen-bond acceptors (Lipinski definition) is 3. The molecule has 0 saturated heterocycles. The van der Waals surface area contributed by atoms with E-state index in [-0.39, 0.29) is 6.47 Å². The standard InChI is InChI=1S/C8H15N2.CH2O3/c1-3-4-5-10-7-6-9(2)8-10;2-1-4-3/h6-8H,3-5H2,1-2H3;1,3H/q+1;/p-1. The molecule has 0 unspecified atom stereocenters. The topological polar surface area (TPSA) is 58.2 Å². The Labute approximate surface area is 83.5 Å². The van der Waals surface area contributed by atoms with Crippen LogP contribution in [0.3, 0.4) is 0 Å². The van der Waals surface area contributed by atoms with Crippen molar-refractivity contribution in [3.63, 3.8) is 0 Å². The second-order valence-electron chi connectivity index (χ2n) is 2.86. The molecule has 0 aliphatic heterocycles. The zero-order chi connectivity index (χ0) is 10.8. The van der Waals surface area contributed by atoms with Crippen LogP contribution in [-0.4, -0.2) is 11.0 Å². The van der Waals surface area contributed by atoms with Crippen LogP contribution in [0.4, 0.5) is 0 Å². The van der Waals surface area contributed by atoms with Crippen LogP contribution < -0.4 is 9.82 Å². The molecule has 0 aliphatic rings. The summed E-state index contributed by atoms with van der Waals surface area (Å²) in [6, 6.07) is 0. The number of nitrogens with zero attached hydrogens (tertiary/aromatic N) is 2. The van der Waals surface area contributed by atoms with Gasteiger partial charge in [0.05, 0.1) is 13.6 Å². The molecule has 0 aromatic carbocycles. The van der Waals surface area contributed by atoms with Crippen molar-refractivity contribution < 1.29 is 19.5 Å². The van der Waals surface area contributed by atoms with E-state index in [0.717, 1.165) is 6.54 Å². The zero-order valence-electron chi connectivity index (χ0n) is 8.55. The van der Waals surface area contributed by atoms with Gasteiger partial charge in [-0.2, -0.15) is 0 Å². The molecule has 0 radical (unpaired) electrons. The lowest BCUT2D eigenvalue weighted by Gasteiger charge is -1.90. The third-order valence-corrected chi connectivity index (χ3v) is 1.63. The average molecular weight is 200 g/mol. The number of hydrogen-bond donors (Lipinski definition) is 0. The Hall–Kier alpha value is -1.36. The molecule has 80 valence electrons. The van der Waals surface area contributed by atoms with E-state index in [1.165, 1.54) is 12.8 Å². The highest BCUT2D eigenvalue weighted by molar-refractivity contribution is 5.35. The quantitative estimate of drug-likeness (QED) is 0.286. The molecule has 5 nitrogen and oxygen atoms in total. The molecule has 0 saturated carbocycles. The van der Waals surface area contributed by atoms with Gasteiger partial charge in [0.1, 0.15) is 12.4 Å². The van der Waals surface area contributed by atoms with E-state index in [1.54, 1.807) is 0 Å². The van der Waals surface area contributed by atoms with Gasteiger partial charge in [-0.15, -0.1) is 0 Å². The average Bonchev–Trinajstić information content (AvgIpc) is 2.61. The third kappa shape index (κ3) is 6.19. The van der Waals surface area contributed by atoms with E-state index in [2.05, 4.69) is 39.7 Å². The molecule has 0 fully saturated rings. The lowest BCUT2D eigenvalue weighted by Crippen LogP contribution is -2.23. The molecular weight excluding hydrogens is 184 g/mol. The summed E-state index contributed by atoms with van der Waals surface area (Å²) >= 11 is 0. The molecule has 0 bridgehead atoms. The molecule has 0 N–H and O–H groups in total. The minimum absolute atomic E-state index is 0.181. The molecule has 14 heavy (non-hydrogen) atoms. The van der Waals surface area contributed by atoms with Crippen molar-refractivity contribution in [2.24, 2.45) is 7.05 Å². The van der Waals surface area contributed by atoms with Crippen LogP contribution in [0.5, 0.6) is 0 Å². The molecule has 0 spiro atoms. The van der Waals surface area contributed by atoms with Crippen LogP contribution in [0.1, 0.15) is 19.8 Å². The molecular formula is C9H16N2O3. The Morgan fingerprint density at radius 3 is 2.64 bits per heavy atom. The van der Waals surface area contributed by atoms with E-state index >= 15 is 0 Å². The normalized spacial score (nSPS) is 8.79. The van der Waals surface area contributed by atoms with Crippen LogP contribution in [0.2, 0.25) is 0 Å². The number of carbonyl (C=O) groups is 1. The smallest absolute Gasteiger partial charge is 0.287 e. The number of aryl methyl sites for hydroxylation is 2. The van der Waals surface area contributed by atoms with Crippen molar-refractivity contribution in [3.05, 3.63) is 18.7 Å². The second kappa shape index (κ2) is 8.25. The Balaban J connectivity index is 0.000000364. The first kappa shape index (κ1) is 12.6. The van der Waals surface area contributed by atoms with E-state index < -0.39 is 0 Å². The van der Waals surface area contributed by atoms with Crippen LogP contribution >= 0.6 is 0 Å². The summed E-state index contributed by atoms with van der Waals surface area (Å²) < 4.78 is 4.28. The summed E-state index contributed by atoms with van der Waals surface area (Å²) in [5.74, 6) is 0. The fraction of sp³-hybridized carbons (Fsp3) is 0.556. The minimum Gasteiger partial charge on any atom is -0.662 e. The zero-order valence-corrected chi connectivity index (χ0v) is 8.55. The van der Waals surface area contributed by atoms with Gasteiger partial charge < -0.3 is 10.1 Å². The lowest BCUT2D eigenvalue weighted by atomic mass is 10.3. The van der Waals surface area contributed by atoms with Crippen molar-refractivity contribution in [1.29, 1.82) is 0 Å². The van der Waals surface area contributed by atoms with E-state index in [0.29, 0.717) is 0 Å². The fourth-order valence-electron chi connectivity index (χ4n) is 0.975. The summed E-state index contributed by atoms with van der Waals surface area (Å²) in [5.41, 5.74) is 0. The fourth-order valence-corrected chi connectivity index (χ4v) is 0.975. The van der Waals surface area contributed by atoms with E-state index in [9.17, 15) is 0 Å². The van der Waals surface area contributed by atoms with Gasteiger partial charge in [-0.05, 0) is 6.42 Å². The van der Waals surface area contributed by atoms with E-state index in [4.69, 9.17) is 10.1 Å². The molecule has 5 heteroatoms. The highest BCUT2D eigenvalue weighted by Gasteiger charge is 1.96. The number of imidazole rings is 1. The first-order valence-corrected chi connectivity index (χ1v) is 4.47. The maximum Gasteiger partial charge on any atom is 0.287 e. The second-order valence-corrected chi connectivity index (χ2v) is 2.86. The molecule has 1 aromatic rings. The van der Waals surface area contributed by atoms with Gasteiger partial charge in [-0.25, -0.2) is 9.13 Å². The predicted octanol–water partition coefficient (Wildman–Crippen LogP) is -0.453. The molecule has 1 heterocycles. The van der Waals surface area contributed by atoms with Gasteiger partial charge in [0.2, 0.25) is 6.33 Å². The van der Waals surface area contributed by atoms with Crippen molar-refractivity contribution in [1.82, 2.24) is 4.57 Å². The van der Waals surface area contributed by atoms with Crippen LogP contribution in [0.25, 0.3) is 0 Å². The van der Waals surface area contributed by atoms with Crippen molar-refractivity contribution >= 4 is 6.47 Å². The van der Waals surface area contributed by atoms with Crippen molar-refractivity contribution in [2.75, 3.05) is 0 Å². The molecule has 0 aliphatic carbocycles. The van der Waals surface area contributed by atoms with Gasteiger partial charge in [-0.3, -0.25) is 4.79 Å². The summed E-state index contributed by atoms with van der Waals surface area (Å²) in [6.07, 6.45) is 8.82. The Morgan fingerprint density at radius 1 is 1.64 bits per heavy atom. The highest BCUT2D eigenvalue weighted by Crippen LogP contribution is 1.91. The van der Waals surface area contributed by atoms with Crippen LogP contribution in [-0.2, 0) is 23.3 Å². The number of rotatable bonds is 4. The monoisotopic (exact) mass is 200 g/mol. The molecule has 1 aromatic heterocycles. The molecule has 0 amide bonds. The maximum atomic E-state index is 8.64. The molecule has 0 atom stereocenters. The number of carbonyl (C=O) groups excluding carboxylic acids is 1. The Morgan fingerprint density at radius 2 is 2.29 bits per heavy atom. The first-order valence-electron chi connectivity index (χ1n) is 4.47. The number of aromatic nitrogens is 2. The summed E-state index contributed by atoms with van der Waals surface area (Å²) in [5, 5.41) is 8.43. The third-order valence-electron chi connectivity index (χ3n) is 1.63. The lowest BCUT2D eigenvalue weighted by molar-refractivity contribution is -0.671. The van der Waals surface area contributed by atoms with Gasteiger partial charge in [0.25, 0.3) is 6.47 Å². The van der Waals surface area contributed by atoms with Gasteiger partial charge in [-0.1, -0.05) is 13.3 Å². The summed E-state index contributed by atoms with van der Waals surface area (Å²) in [6.45, 7) is 3.18.